The van der Waals surface area contributed by atoms with Crippen LogP contribution in [0.3, 0.4) is 0 Å². The van der Waals surface area contributed by atoms with Crippen LogP contribution < -0.4 is 0 Å². The van der Waals surface area contributed by atoms with Crippen molar-refractivity contribution in [3.63, 3.8) is 0 Å². The summed E-state index contributed by atoms with van der Waals surface area (Å²) in [5.41, 5.74) is 2.69. The maximum absolute atomic E-state index is 11.0. The van der Waals surface area contributed by atoms with Crippen LogP contribution in [0.4, 0.5) is 0 Å². The lowest BCUT2D eigenvalue weighted by molar-refractivity contribution is -0.137. The van der Waals surface area contributed by atoms with Crippen LogP contribution in [-0.4, -0.2) is 12.6 Å². The van der Waals surface area contributed by atoms with Gasteiger partial charge in [0.25, 0.3) is 0 Å². The summed E-state index contributed by atoms with van der Waals surface area (Å²) in [6.45, 7) is 4.36. The molecule has 0 aliphatic rings. The molecule has 0 radical (unpaired) electrons. The average molecular weight is 246 g/mol. The Morgan fingerprint density at radius 2 is 1.94 bits per heavy atom. The largest absolute Gasteiger partial charge is 0.463 e. The Labute approximate surface area is 110 Å². The summed E-state index contributed by atoms with van der Waals surface area (Å²) in [6.07, 6.45) is 7.71. The third-order valence-corrected chi connectivity index (χ3v) is 2.75. The van der Waals surface area contributed by atoms with E-state index in [4.69, 9.17) is 4.74 Å². The highest BCUT2D eigenvalue weighted by molar-refractivity contribution is 5.81. The van der Waals surface area contributed by atoms with Crippen molar-refractivity contribution in [2.45, 2.75) is 39.5 Å². The summed E-state index contributed by atoms with van der Waals surface area (Å²) < 4.78 is 4.80. The van der Waals surface area contributed by atoms with Crippen LogP contribution in [-0.2, 0) is 16.0 Å². The van der Waals surface area contributed by atoms with E-state index in [9.17, 15) is 4.79 Å². The topological polar surface area (TPSA) is 26.3 Å². The normalized spacial score (nSPS) is 10.8. The van der Waals surface area contributed by atoms with E-state index < -0.39 is 0 Å². The van der Waals surface area contributed by atoms with E-state index >= 15 is 0 Å². The predicted octanol–water partition coefficient (Wildman–Crippen LogP) is 3.83. The number of carbonyl (C=O) groups excluding carboxylic acids is 1. The van der Waals surface area contributed by atoms with Gasteiger partial charge in [0.1, 0.15) is 0 Å². The molecule has 0 bridgehead atoms. The molecular weight excluding hydrogens is 224 g/mol. The lowest BCUT2D eigenvalue weighted by atomic mass is 10.1. The molecule has 0 saturated carbocycles. The van der Waals surface area contributed by atoms with Gasteiger partial charge in [0, 0.05) is 6.08 Å². The van der Waals surface area contributed by atoms with E-state index in [1.165, 1.54) is 17.2 Å². The van der Waals surface area contributed by atoms with Gasteiger partial charge in [0.15, 0.2) is 0 Å². The monoisotopic (exact) mass is 246 g/mol. The van der Waals surface area contributed by atoms with Crippen molar-refractivity contribution in [2.24, 2.45) is 0 Å². The van der Waals surface area contributed by atoms with Gasteiger partial charge in [-0.2, -0.15) is 0 Å². The summed E-state index contributed by atoms with van der Waals surface area (Å²) in [7, 11) is 0. The van der Waals surface area contributed by atoms with Gasteiger partial charge in [-0.1, -0.05) is 35.9 Å². The van der Waals surface area contributed by atoms with Crippen molar-refractivity contribution in [1.29, 1.82) is 0 Å². The maximum atomic E-state index is 11.0. The highest BCUT2D eigenvalue weighted by Crippen LogP contribution is 2.08. The van der Waals surface area contributed by atoms with Crippen molar-refractivity contribution in [3.8, 4) is 0 Å². The van der Waals surface area contributed by atoms with Crippen molar-refractivity contribution in [1.82, 2.24) is 0 Å². The zero-order valence-corrected chi connectivity index (χ0v) is 11.3. The van der Waals surface area contributed by atoms with Crippen LogP contribution in [0.5, 0.6) is 0 Å². The van der Waals surface area contributed by atoms with Gasteiger partial charge in [0.05, 0.1) is 6.61 Å². The van der Waals surface area contributed by atoms with E-state index in [0.29, 0.717) is 6.61 Å². The van der Waals surface area contributed by atoms with E-state index in [1.54, 1.807) is 0 Å². The summed E-state index contributed by atoms with van der Waals surface area (Å²) >= 11 is 0. The van der Waals surface area contributed by atoms with E-state index in [0.717, 1.165) is 25.7 Å². The third kappa shape index (κ3) is 6.24. The Hall–Kier alpha value is -1.57. The lowest BCUT2D eigenvalue weighted by Crippen LogP contribution is -1.98. The first-order valence-electron chi connectivity index (χ1n) is 6.61. The van der Waals surface area contributed by atoms with Crippen LogP contribution in [0, 0.1) is 6.92 Å². The molecule has 18 heavy (non-hydrogen) atoms. The van der Waals surface area contributed by atoms with Gasteiger partial charge in [-0.3, -0.25) is 0 Å². The maximum Gasteiger partial charge on any atom is 0.330 e. The Kier molecular flexibility index (Phi) is 6.85. The standard InChI is InChI=1S/C16H22O2/c1-3-18-16(17)9-7-5-4-6-8-15-12-10-14(2)11-13-15/h7,9-13H,3-6,8H2,1-2H3. The van der Waals surface area contributed by atoms with Crippen LogP contribution >= 0.6 is 0 Å². The smallest absolute Gasteiger partial charge is 0.330 e. The minimum atomic E-state index is -0.240. The SMILES string of the molecule is CCOC(=O)C=CCCCCc1ccc(C)cc1. The summed E-state index contributed by atoms with van der Waals surface area (Å²) in [4.78, 5) is 11.0. The molecule has 0 N–H and O–H groups in total. The zero-order valence-electron chi connectivity index (χ0n) is 11.3. The number of ether oxygens (including phenoxy) is 1. The van der Waals surface area contributed by atoms with E-state index in [-0.39, 0.29) is 5.97 Å². The van der Waals surface area contributed by atoms with Crippen molar-refractivity contribution in [2.75, 3.05) is 6.61 Å². The van der Waals surface area contributed by atoms with Gasteiger partial charge >= 0.3 is 5.97 Å². The van der Waals surface area contributed by atoms with Gasteiger partial charge in [-0.25, -0.2) is 4.79 Å². The van der Waals surface area contributed by atoms with Crippen molar-refractivity contribution < 1.29 is 9.53 Å². The van der Waals surface area contributed by atoms with Crippen LogP contribution in [0.25, 0.3) is 0 Å². The highest BCUT2D eigenvalue weighted by Gasteiger charge is 1.94. The zero-order chi connectivity index (χ0) is 13.2. The molecule has 0 unspecified atom stereocenters. The first-order valence-corrected chi connectivity index (χ1v) is 6.61. The number of rotatable bonds is 7. The number of unbranched alkanes of at least 4 members (excludes halogenated alkanes) is 2. The number of carbonyl (C=O) groups is 1. The second-order valence-corrected chi connectivity index (χ2v) is 4.39. The lowest BCUT2D eigenvalue weighted by Gasteiger charge is -2.01. The quantitative estimate of drug-likeness (QED) is 0.415. The minimum absolute atomic E-state index is 0.240. The molecule has 2 heteroatoms. The van der Waals surface area contributed by atoms with Crippen LogP contribution in [0.2, 0.25) is 0 Å². The molecule has 1 aromatic carbocycles. The fourth-order valence-corrected chi connectivity index (χ4v) is 1.72. The van der Waals surface area contributed by atoms with Gasteiger partial charge < -0.3 is 4.74 Å². The molecule has 98 valence electrons. The second kappa shape index (κ2) is 8.51. The molecule has 1 rings (SSSR count). The number of benzene rings is 1. The average Bonchev–Trinajstić information content (AvgIpc) is 2.36. The summed E-state index contributed by atoms with van der Waals surface area (Å²) in [5, 5.41) is 0. The molecular formula is C16H22O2. The number of hydrogen-bond acceptors (Lipinski definition) is 2. The van der Waals surface area contributed by atoms with Crippen LogP contribution in [0.15, 0.2) is 36.4 Å². The first-order chi connectivity index (χ1) is 8.72. The van der Waals surface area contributed by atoms with Gasteiger partial charge in [-0.05, 0) is 45.1 Å². The molecule has 2 nitrogen and oxygen atoms in total. The Morgan fingerprint density at radius 3 is 2.61 bits per heavy atom. The molecule has 0 heterocycles. The third-order valence-electron chi connectivity index (χ3n) is 2.75. The molecule has 0 fully saturated rings. The summed E-state index contributed by atoms with van der Waals surface area (Å²) in [5.74, 6) is -0.240. The molecule has 0 saturated heterocycles. The van der Waals surface area contributed by atoms with Crippen molar-refractivity contribution in [3.05, 3.63) is 47.5 Å². The first kappa shape index (κ1) is 14.5. The van der Waals surface area contributed by atoms with Gasteiger partial charge in [0.2, 0.25) is 0 Å². The Bertz CT molecular complexity index is 377. The molecule has 0 aromatic heterocycles. The van der Waals surface area contributed by atoms with E-state index in [1.807, 2.05) is 13.0 Å². The predicted molar refractivity (Wildman–Crippen MR) is 74.5 cm³/mol. The molecule has 0 atom stereocenters. The summed E-state index contributed by atoms with van der Waals surface area (Å²) in [6, 6.07) is 8.67. The number of hydrogen-bond donors (Lipinski definition) is 0. The minimum Gasteiger partial charge on any atom is -0.463 e. The highest BCUT2D eigenvalue weighted by atomic mass is 16.5. The Balaban J connectivity index is 2.12. The van der Waals surface area contributed by atoms with Gasteiger partial charge in [-0.15, -0.1) is 0 Å². The fraction of sp³-hybridized carbons (Fsp3) is 0.438. The number of esters is 1. The van der Waals surface area contributed by atoms with Crippen LogP contribution in [0.1, 0.15) is 37.3 Å². The van der Waals surface area contributed by atoms with Crippen molar-refractivity contribution >= 4 is 5.97 Å². The Morgan fingerprint density at radius 1 is 1.22 bits per heavy atom. The molecule has 0 spiro atoms. The fourth-order valence-electron chi connectivity index (χ4n) is 1.72. The number of allylic oxidation sites excluding steroid dienone is 1. The molecule has 0 amide bonds. The molecule has 0 aliphatic heterocycles. The molecule has 1 aromatic rings. The molecule has 0 aliphatic carbocycles. The van der Waals surface area contributed by atoms with E-state index in [2.05, 4.69) is 31.2 Å². The number of aryl methyl sites for hydroxylation is 2. The second-order valence-electron chi connectivity index (χ2n) is 4.39.